The maximum atomic E-state index is 14.2. The van der Waals surface area contributed by atoms with Crippen molar-refractivity contribution in [3.8, 4) is 0 Å². The van der Waals surface area contributed by atoms with E-state index in [9.17, 15) is 18.0 Å². The molecule has 0 spiro atoms. The largest absolute Gasteiger partial charge is 0.352 e. The molecule has 9 heteroatoms. The fourth-order valence-electron chi connectivity index (χ4n) is 5.35. The number of carbonyl (C=O) groups excluding carboxylic acids is 2. The molecule has 224 valence electrons. The van der Waals surface area contributed by atoms with Gasteiger partial charge in [0.05, 0.1) is 10.6 Å². The van der Waals surface area contributed by atoms with E-state index in [1.165, 1.54) is 23.1 Å². The van der Waals surface area contributed by atoms with Crippen molar-refractivity contribution in [3.05, 3.63) is 94.5 Å². The van der Waals surface area contributed by atoms with Gasteiger partial charge in [0.2, 0.25) is 11.8 Å². The Morgan fingerprint density at radius 1 is 0.929 bits per heavy atom. The number of amides is 2. The van der Waals surface area contributed by atoms with Crippen LogP contribution in [0.2, 0.25) is 5.02 Å². The number of halogens is 1. The molecule has 0 heterocycles. The van der Waals surface area contributed by atoms with Gasteiger partial charge in [0, 0.05) is 17.6 Å². The first-order chi connectivity index (χ1) is 20.1. The Balaban J connectivity index is 1.70. The summed E-state index contributed by atoms with van der Waals surface area (Å²) < 4.78 is 29.0. The van der Waals surface area contributed by atoms with E-state index in [0.717, 1.165) is 53.1 Å². The van der Waals surface area contributed by atoms with Gasteiger partial charge >= 0.3 is 0 Å². The molecule has 42 heavy (non-hydrogen) atoms. The Labute approximate surface area is 254 Å². The van der Waals surface area contributed by atoms with Crippen LogP contribution in [0.15, 0.2) is 77.7 Å². The maximum Gasteiger partial charge on any atom is 0.264 e. The molecule has 1 N–H and O–H groups in total. The summed E-state index contributed by atoms with van der Waals surface area (Å²) in [6.45, 7) is 5.41. The molecule has 0 aliphatic heterocycles. The third kappa shape index (κ3) is 7.92. The van der Waals surface area contributed by atoms with E-state index in [1.54, 1.807) is 30.3 Å². The molecule has 0 aromatic heterocycles. The number of nitrogens with zero attached hydrogens (tertiary/aromatic N) is 2. The summed E-state index contributed by atoms with van der Waals surface area (Å²) in [5.41, 5.74) is 3.12. The molecule has 1 unspecified atom stereocenters. The van der Waals surface area contributed by atoms with Gasteiger partial charge in [-0.3, -0.25) is 13.9 Å². The number of hydrogen-bond donors (Lipinski definition) is 1. The zero-order valence-electron chi connectivity index (χ0n) is 24.6. The summed E-state index contributed by atoms with van der Waals surface area (Å²) in [5.74, 6) is -0.683. The van der Waals surface area contributed by atoms with Crippen LogP contribution >= 0.6 is 11.6 Å². The molecule has 1 atom stereocenters. The molecule has 3 aromatic carbocycles. The van der Waals surface area contributed by atoms with E-state index in [1.807, 2.05) is 45.0 Å². The lowest BCUT2D eigenvalue weighted by Gasteiger charge is -2.34. The predicted molar refractivity (Wildman–Crippen MR) is 168 cm³/mol. The van der Waals surface area contributed by atoms with Crippen molar-refractivity contribution < 1.29 is 18.0 Å². The molecule has 3 aromatic rings. The van der Waals surface area contributed by atoms with Crippen molar-refractivity contribution in [3.63, 3.8) is 0 Å². The van der Waals surface area contributed by atoms with E-state index < -0.39 is 28.5 Å². The van der Waals surface area contributed by atoms with Crippen LogP contribution in [0.1, 0.15) is 62.1 Å². The van der Waals surface area contributed by atoms with Crippen LogP contribution in [-0.4, -0.2) is 43.8 Å². The van der Waals surface area contributed by atoms with Crippen LogP contribution in [0.4, 0.5) is 5.69 Å². The summed E-state index contributed by atoms with van der Waals surface area (Å²) in [6.07, 6.45) is 5.53. The molecular weight excluding hydrogens is 570 g/mol. The van der Waals surface area contributed by atoms with Crippen LogP contribution in [0.3, 0.4) is 0 Å². The van der Waals surface area contributed by atoms with Gasteiger partial charge in [0.1, 0.15) is 12.6 Å². The summed E-state index contributed by atoms with van der Waals surface area (Å²) >= 11 is 6.26. The van der Waals surface area contributed by atoms with Gasteiger partial charge in [0.25, 0.3) is 10.0 Å². The first-order valence-corrected chi connectivity index (χ1v) is 16.4. The van der Waals surface area contributed by atoms with Crippen molar-refractivity contribution in [1.29, 1.82) is 0 Å². The van der Waals surface area contributed by atoms with Crippen molar-refractivity contribution in [1.82, 2.24) is 10.2 Å². The van der Waals surface area contributed by atoms with Crippen LogP contribution in [0, 0.1) is 13.8 Å². The molecule has 1 aliphatic carbocycles. The van der Waals surface area contributed by atoms with Crippen LogP contribution in [0.25, 0.3) is 0 Å². The maximum absolute atomic E-state index is 14.2. The van der Waals surface area contributed by atoms with Crippen LogP contribution in [-0.2, 0) is 26.2 Å². The second-order valence-electron chi connectivity index (χ2n) is 11.1. The number of hydrogen-bond acceptors (Lipinski definition) is 4. The van der Waals surface area contributed by atoms with E-state index in [-0.39, 0.29) is 29.1 Å². The quantitative estimate of drug-likeness (QED) is 0.272. The van der Waals surface area contributed by atoms with Gasteiger partial charge in [-0.05, 0) is 69.0 Å². The van der Waals surface area contributed by atoms with Crippen molar-refractivity contribution >= 4 is 39.1 Å². The Morgan fingerprint density at radius 3 is 2.14 bits per heavy atom. The fraction of sp³-hybridized carbons (Fsp3) is 0.394. The topological polar surface area (TPSA) is 86.8 Å². The standard InChI is InChI=1S/C33H40ClN3O4S/c1-4-31(33(39)35-28-10-6-5-7-11-28)36(22-26-17-13-24(2)14-18-26)32(38)23-37(29-12-8-9-27(34)21-29)42(40,41)30-19-15-25(3)16-20-30/h8-9,12-21,28,31H,4-7,10-11,22-23H2,1-3H3,(H,35,39). The molecule has 0 radical (unpaired) electrons. The molecule has 7 nitrogen and oxygen atoms in total. The average Bonchev–Trinajstić information content (AvgIpc) is 2.97. The van der Waals surface area contributed by atoms with E-state index >= 15 is 0 Å². The zero-order valence-corrected chi connectivity index (χ0v) is 26.1. The van der Waals surface area contributed by atoms with Crippen molar-refractivity contribution in [2.45, 2.75) is 82.8 Å². The number of carbonyl (C=O) groups is 2. The first-order valence-electron chi connectivity index (χ1n) is 14.6. The lowest BCUT2D eigenvalue weighted by Crippen LogP contribution is -2.54. The highest BCUT2D eigenvalue weighted by molar-refractivity contribution is 7.92. The van der Waals surface area contributed by atoms with Crippen molar-refractivity contribution in [2.24, 2.45) is 0 Å². The molecule has 1 saturated carbocycles. The van der Waals surface area contributed by atoms with Crippen LogP contribution < -0.4 is 9.62 Å². The predicted octanol–water partition coefficient (Wildman–Crippen LogP) is 6.41. The number of sulfonamides is 1. The lowest BCUT2D eigenvalue weighted by molar-refractivity contribution is -0.140. The summed E-state index contributed by atoms with van der Waals surface area (Å²) in [5, 5.41) is 3.52. The third-order valence-corrected chi connectivity index (χ3v) is 9.82. The van der Waals surface area contributed by atoms with Gasteiger partial charge in [-0.15, -0.1) is 0 Å². The summed E-state index contributed by atoms with van der Waals surface area (Å²) in [6, 6.07) is 20.0. The number of aryl methyl sites for hydroxylation is 2. The second kappa shape index (κ2) is 14.2. The number of nitrogens with one attached hydrogen (secondary N) is 1. The summed E-state index contributed by atoms with van der Waals surface area (Å²) in [4.78, 5) is 29.4. The van der Waals surface area contributed by atoms with Gasteiger partial charge in [-0.2, -0.15) is 0 Å². The molecule has 1 aliphatic rings. The highest BCUT2D eigenvalue weighted by atomic mass is 35.5. The molecule has 1 fully saturated rings. The highest BCUT2D eigenvalue weighted by Gasteiger charge is 2.34. The smallest absolute Gasteiger partial charge is 0.264 e. The van der Waals surface area contributed by atoms with Gasteiger partial charge < -0.3 is 10.2 Å². The van der Waals surface area contributed by atoms with E-state index in [4.69, 9.17) is 11.6 Å². The summed E-state index contributed by atoms with van der Waals surface area (Å²) in [7, 11) is -4.14. The zero-order chi connectivity index (χ0) is 30.3. The molecule has 0 saturated heterocycles. The van der Waals surface area contributed by atoms with Gasteiger partial charge in [-0.25, -0.2) is 8.42 Å². The Hall–Kier alpha value is -3.36. The monoisotopic (exact) mass is 609 g/mol. The molecule has 0 bridgehead atoms. The Morgan fingerprint density at radius 2 is 1.55 bits per heavy atom. The van der Waals surface area contributed by atoms with Gasteiger partial charge in [-0.1, -0.05) is 91.4 Å². The number of rotatable bonds is 11. The Kier molecular flexibility index (Phi) is 10.7. The minimum Gasteiger partial charge on any atom is -0.352 e. The minimum absolute atomic E-state index is 0.0630. The SMILES string of the molecule is CCC(C(=O)NC1CCCCC1)N(Cc1ccc(C)cc1)C(=O)CN(c1cccc(Cl)c1)S(=O)(=O)c1ccc(C)cc1. The average molecular weight is 610 g/mol. The Bertz CT molecular complexity index is 1470. The molecule has 4 rings (SSSR count). The van der Waals surface area contributed by atoms with Crippen molar-refractivity contribution in [2.75, 3.05) is 10.8 Å². The third-order valence-electron chi connectivity index (χ3n) is 7.80. The van der Waals surface area contributed by atoms with Crippen LogP contribution in [0.5, 0.6) is 0 Å². The molecule has 2 amide bonds. The first kappa shape index (κ1) is 31.6. The van der Waals surface area contributed by atoms with E-state index in [0.29, 0.717) is 11.4 Å². The molecular formula is C33H40ClN3O4S. The highest BCUT2D eigenvalue weighted by Crippen LogP contribution is 2.27. The van der Waals surface area contributed by atoms with E-state index in [2.05, 4.69) is 5.32 Å². The fourth-order valence-corrected chi connectivity index (χ4v) is 6.94. The minimum atomic E-state index is -4.14. The normalized spacial score (nSPS) is 14.7. The second-order valence-corrected chi connectivity index (χ2v) is 13.4. The number of benzene rings is 3. The van der Waals surface area contributed by atoms with Gasteiger partial charge in [0.15, 0.2) is 0 Å². The lowest BCUT2D eigenvalue weighted by atomic mass is 9.95. The number of anilines is 1.